The van der Waals surface area contributed by atoms with Crippen molar-refractivity contribution >= 4 is 5.91 Å². The molecule has 6 heteroatoms. The number of carbonyl (C=O) groups excluding carboxylic acids is 1. The first-order valence-corrected chi connectivity index (χ1v) is 5.29. The van der Waals surface area contributed by atoms with E-state index in [1.807, 2.05) is 12.2 Å². The molecule has 0 bridgehead atoms. The lowest BCUT2D eigenvalue weighted by atomic mass is 9.77. The van der Waals surface area contributed by atoms with Crippen LogP contribution in [-0.4, -0.2) is 29.3 Å². The first-order chi connectivity index (χ1) is 7.29. The summed E-state index contributed by atoms with van der Waals surface area (Å²) in [5.41, 5.74) is -1.09. The molecule has 1 aliphatic carbocycles. The van der Waals surface area contributed by atoms with Crippen molar-refractivity contribution < 1.29 is 23.1 Å². The Morgan fingerprint density at radius 2 is 2.19 bits per heavy atom. The Morgan fingerprint density at radius 3 is 2.62 bits per heavy atom. The molecule has 1 saturated carbocycles. The Bertz CT molecular complexity index is 267. The van der Waals surface area contributed by atoms with Gasteiger partial charge in [-0.2, -0.15) is 13.2 Å². The highest BCUT2D eigenvalue weighted by Gasteiger charge is 2.45. The second-order valence-electron chi connectivity index (χ2n) is 4.59. The molecule has 0 radical (unpaired) electrons. The van der Waals surface area contributed by atoms with E-state index in [-0.39, 0.29) is 5.92 Å². The van der Waals surface area contributed by atoms with Crippen molar-refractivity contribution in [3.05, 3.63) is 0 Å². The molecule has 0 aliphatic heterocycles. The lowest BCUT2D eigenvalue weighted by molar-refractivity contribution is -0.177. The lowest BCUT2D eigenvalue weighted by Crippen LogP contribution is -2.57. The minimum absolute atomic E-state index is 0.217. The van der Waals surface area contributed by atoms with E-state index in [1.54, 1.807) is 0 Å². The fraction of sp³-hybridized carbons (Fsp3) is 0.900. The standard InChI is InChI=1S/C10H16F3NO2/c1-7-3-2-4-9(5-7,6-15)14-8(16)10(11,12)13/h7,15H,2-6H2,1H3,(H,14,16). The molecule has 1 rings (SSSR count). The molecule has 0 aromatic heterocycles. The van der Waals surface area contributed by atoms with E-state index in [1.165, 1.54) is 0 Å². The van der Waals surface area contributed by atoms with Gasteiger partial charge in [0.15, 0.2) is 0 Å². The van der Waals surface area contributed by atoms with Crippen LogP contribution < -0.4 is 5.32 Å². The highest BCUT2D eigenvalue weighted by atomic mass is 19.4. The summed E-state index contributed by atoms with van der Waals surface area (Å²) in [7, 11) is 0. The highest BCUT2D eigenvalue weighted by Crippen LogP contribution is 2.32. The quantitative estimate of drug-likeness (QED) is 0.769. The second-order valence-corrected chi connectivity index (χ2v) is 4.59. The van der Waals surface area contributed by atoms with E-state index < -0.39 is 24.2 Å². The molecule has 2 unspecified atom stereocenters. The Morgan fingerprint density at radius 1 is 1.56 bits per heavy atom. The van der Waals surface area contributed by atoms with Gasteiger partial charge in [0, 0.05) is 0 Å². The maximum atomic E-state index is 12.1. The lowest BCUT2D eigenvalue weighted by Gasteiger charge is -2.39. The summed E-state index contributed by atoms with van der Waals surface area (Å²) in [4.78, 5) is 10.9. The highest BCUT2D eigenvalue weighted by molar-refractivity contribution is 5.82. The number of rotatable bonds is 2. The summed E-state index contributed by atoms with van der Waals surface area (Å²) in [6, 6.07) is 0. The average Bonchev–Trinajstić information content (AvgIpc) is 2.16. The molecule has 0 aromatic carbocycles. The Hall–Kier alpha value is -0.780. The van der Waals surface area contributed by atoms with Gasteiger partial charge in [0.25, 0.3) is 0 Å². The minimum atomic E-state index is -4.89. The third-order valence-electron chi connectivity index (χ3n) is 3.03. The molecule has 0 spiro atoms. The summed E-state index contributed by atoms with van der Waals surface area (Å²) in [5.74, 6) is -1.75. The zero-order valence-corrected chi connectivity index (χ0v) is 9.10. The SMILES string of the molecule is CC1CCCC(CO)(NC(=O)C(F)(F)F)C1. The van der Waals surface area contributed by atoms with Crippen LogP contribution in [0.25, 0.3) is 0 Å². The number of carbonyl (C=O) groups is 1. The van der Waals surface area contributed by atoms with Crippen LogP contribution >= 0.6 is 0 Å². The van der Waals surface area contributed by atoms with Crippen LogP contribution in [0.5, 0.6) is 0 Å². The van der Waals surface area contributed by atoms with Gasteiger partial charge in [-0.15, -0.1) is 0 Å². The number of hydrogen-bond acceptors (Lipinski definition) is 2. The summed E-state index contributed by atoms with van der Waals surface area (Å²) >= 11 is 0. The van der Waals surface area contributed by atoms with Crippen LogP contribution in [0.15, 0.2) is 0 Å². The Labute approximate surface area is 92.0 Å². The van der Waals surface area contributed by atoms with E-state index in [0.717, 1.165) is 12.8 Å². The van der Waals surface area contributed by atoms with E-state index in [4.69, 9.17) is 0 Å². The number of alkyl halides is 3. The van der Waals surface area contributed by atoms with Crippen molar-refractivity contribution in [2.45, 2.75) is 44.3 Å². The van der Waals surface area contributed by atoms with Crippen molar-refractivity contribution in [1.82, 2.24) is 5.32 Å². The first-order valence-electron chi connectivity index (χ1n) is 5.29. The van der Waals surface area contributed by atoms with Gasteiger partial charge in [0.05, 0.1) is 12.1 Å². The number of nitrogens with one attached hydrogen (secondary N) is 1. The largest absolute Gasteiger partial charge is 0.471 e. The van der Waals surface area contributed by atoms with E-state index >= 15 is 0 Å². The fourth-order valence-corrected chi connectivity index (χ4v) is 2.27. The predicted molar refractivity (Wildman–Crippen MR) is 51.6 cm³/mol. The predicted octanol–water partition coefficient (Wildman–Crippen LogP) is 1.61. The van der Waals surface area contributed by atoms with Crippen LogP contribution in [-0.2, 0) is 4.79 Å². The van der Waals surface area contributed by atoms with E-state index in [9.17, 15) is 23.1 Å². The monoisotopic (exact) mass is 239 g/mol. The van der Waals surface area contributed by atoms with Crippen molar-refractivity contribution in [2.24, 2.45) is 5.92 Å². The molecular formula is C10H16F3NO2. The number of aliphatic hydroxyl groups is 1. The molecule has 0 aromatic rings. The molecule has 1 amide bonds. The van der Waals surface area contributed by atoms with Gasteiger partial charge in [0.2, 0.25) is 0 Å². The van der Waals surface area contributed by atoms with E-state index in [2.05, 4.69) is 0 Å². The second kappa shape index (κ2) is 4.61. The molecule has 2 N–H and O–H groups in total. The third-order valence-corrected chi connectivity index (χ3v) is 3.03. The summed E-state index contributed by atoms with van der Waals surface area (Å²) in [6.07, 6.45) is -2.45. The molecule has 0 saturated heterocycles. The Balaban J connectivity index is 2.70. The number of amides is 1. The van der Waals surface area contributed by atoms with Crippen molar-refractivity contribution in [2.75, 3.05) is 6.61 Å². The zero-order valence-electron chi connectivity index (χ0n) is 9.10. The van der Waals surface area contributed by atoms with Gasteiger partial charge in [-0.3, -0.25) is 4.79 Å². The van der Waals surface area contributed by atoms with Crippen LogP contribution in [0.2, 0.25) is 0 Å². The third kappa shape index (κ3) is 3.10. The Kier molecular flexibility index (Phi) is 3.83. The summed E-state index contributed by atoms with van der Waals surface area (Å²) in [6.45, 7) is 1.46. The summed E-state index contributed by atoms with van der Waals surface area (Å²) < 4.78 is 36.3. The normalized spacial score (nSPS) is 31.2. The molecule has 94 valence electrons. The van der Waals surface area contributed by atoms with Gasteiger partial charge in [-0.25, -0.2) is 0 Å². The maximum absolute atomic E-state index is 12.1. The van der Waals surface area contributed by atoms with Crippen molar-refractivity contribution in [3.63, 3.8) is 0 Å². The first kappa shape index (κ1) is 13.3. The van der Waals surface area contributed by atoms with Crippen LogP contribution in [0.3, 0.4) is 0 Å². The van der Waals surface area contributed by atoms with Crippen LogP contribution in [0.1, 0.15) is 32.6 Å². The van der Waals surface area contributed by atoms with Crippen LogP contribution in [0.4, 0.5) is 13.2 Å². The van der Waals surface area contributed by atoms with Gasteiger partial charge < -0.3 is 10.4 Å². The van der Waals surface area contributed by atoms with Gasteiger partial charge >= 0.3 is 12.1 Å². The molecule has 3 nitrogen and oxygen atoms in total. The zero-order chi connectivity index (χ0) is 12.4. The smallest absolute Gasteiger partial charge is 0.394 e. The minimum Gasteiger partial charge on any atom is -0.394 e. The molecule has 0 heterocycles. The molecule has 1 fully saturated rings. The number of hydrogen-bond donors (Lipinski definition) is 2. The topological polar surface area (TPSA) is 49.3 Å². The number of halogens is 3. The fourth-order valence-electron chi connectivity index (χ4n) is 2.27. The molecular weight excluding hydrogens is 223 g/mol. The maximum Gasteiger partial charge on any atom is 0.471 e. The van der Waals surface area contributed by atoms with Crippen LogP contribution in [0, 0.1) is 5.92 Å². The van der Waals surface area contributed by atoms with E-state index in [0.29, 0.717) is 12.8 Å². The molecule has 1 aliphatic rings. The number of aliphatic hydroxyl groups excluding tert-OH is 1. The molecule has 2 atom stereocenters. The summed E-state index contributed by atoms with van der Waals surface area (Å²) in [5, 5.41) is 11.1. The van der Waals surface area contributed by atoms with Gasteiger partial charge in [-0.05, 0) is 18.8 Å². The van der Waals surface area contributed by atoms with Gasteiger partial charge in [-0.1, -0.05) is 19.8 Å². The van der Waals surface area contributed by atoms with Crippen molar-refractivity contribution in [3.8, 4) is 0 Å². The average molecular weight is 239 g/mol. The van der Waals surface area contributed by atoms with Crippen molar-refractivity contribution in [1.29, 1.82) is 0 Å². The van der Waals surface area contributed by atoms with Gasteiger partial charge in [0.1, 0.15) is 0 Å². The molecule has 16 heavy (non-hydrogen) atoms.